The molecule has 88 valence electrons. The molecule has 0 amide bonds. The van der Waals surface area contributed by atoms with E-state index in [1.165, 1.54) is 12.1 Å². The van der Waals surface area contributed by atoms with Crippen molar-refractivity contribution >= 4 is 17.3 Å². The second-order valence-corrected chi connectivity index (χ2v) is 4.50. The summed E-state index contributed by atoms with van der Waals surface area (Å²) in [4.78, 5) is 0. The largest absolute Gasteiger partial charge is 0.395 e. The molecular formula is C11H14ClFN2O. The van der Waals surface area contributed by atoms with Crippen molar-refractivity contribution < 1.29 is 9.50 Å². The average molecular weight is 245 g/mol. The molecule has 0 aliphatic heterocycles. The molecule has 2 rings (SSSR count). The van der Waals surface area contributed by atoms with Crippen molar-refractivity contribution in [3.05, 3.63) is 28.5 Å². The van der Waals surface area contributed by atoms with Crippen LogP contribution in [-0.2, 0) is 0 Å². The van der Waals surface area contributed by atoms with Gasteiger partial charge in [-0.2, -0.15) is 0 Å². The lowest BCUT2D eigenvalue weighted by molar-refractivity contribution is 0.174. The predicted molar refractivity (Wildman–Crippen MR) is 61.8 cm³/mol. The Hall–Kier alpha value is -0.840. The van der Waals surface area contributed by atoms with Crippen LogP contribution < -0.4 is 11.1 Å². The molecule has 1 aromatic rings. The van der Waals surface area contributed by atoms with Gasteiger partial charge in [0.15, 0.2) is 0 Å². The van der Waals surface area contributed by atoms with E-state index in [-0.39, 0.29) is 10.7 Å². The summed E-state index contributed by atoms with van der Waals surface area (Å²) in [6, 6.07) is 3.23. The second-order valence-electron chi connectivity index (χ2n) is 4.10. The number of rotatable bonds is 4. The summed E-state index contributed by atoms with van der Waals surface area (Å²) in [7, 11) is 0. The van der Waals surface area contributed by atoms with E-state index in [2.05, 4.69) is 5.32 Å². The molecule has 0 saturated heterocycles. The Kier molecular flexibility index (Phi) is 3.33. The van der Waals surface area contributed by atoms with Gasteiger partial charge < -0.3 is 16.2 Å². The van der Waals surface area contributed by atoms with Gasteiger partial charge in [-0.25, -0.2) is 4.39 Å². The lowest BCUT2D eigenvalue weighted by atomic mass is 10.1. The fourth-order valence-corrected chi connectivity index (χ4v) is 1.70. The standard InChI is InChI=1S/C11H14ClFN2O/c12-8-3-6(4-9(13)11(8)14)10(16)5-15-7-1-2-7/h3-4,7,10,15-16H,1-2,5,14H2. The summed E-state index contributed by atoms with van der Waals surface area (Å²) < 4.78 is 13.3. The van der Waals surface area contributed by atoms with Crippen LogP contribution >= 0.6 is 11.6 Å². The third-order valence-electron chi connectivity index (χ3n) is 2.66. The first-order valence-electron chi connectivity index (χ1n) is 5.24. The van der Waals surface area contributed by atoms with E-state index < -0.39 is 11.9 Å². The maximum atomic E-state index is 13.3. The molecule has 1 unspecified atom stereocenters. The number of nitrogen functional groups attached to an aromatic ring is 1. The molecule has 0 bridgehead atoms. The summed E-state index contributed by atoms with van der Waals surface area (Å²) in [5, 5.41) is 13.1. The number of aliphatic hydroxyl groups is 1. The number of anilines is 1. The van der Waals surface area contributed by atoms with Crippen molar-refractivity contribution in [2.45, 2.75) is 25.0 Å². The molecule has 1 fully saturated rings. The number of aliphatic hydroxyl groups excluding tert-OH is 1. The highest BCUT2D eigenvalue weighted by molar-refractivity contribution is 6.33. The fraction of sp³-hybridized carbons (Fsp3) is 0.455. The molecule has 5 heteroatoms. The summed E-state index contributed by atoms with van der Waals surface area (Å²) in [6.07, 6.45) is 1.53. The van der Waals surface area contributed by atoms with E-state index in [1.54, 1.807) is 0 Å². The zero-order valence-corrected chi connectivity index (χ0v) is 9.47. The zero-order chi connectivity index (χ0) is 11.7. The highest BCUT2D eigenvalue weighted by Gasteiger charge is 2.22. The van der Waals surface area contributed by atoms with Gasteiger partial charge in [0, 0.05) is 12.6 Å². The van der Waals surface area contributed by atoms with Crippen LogP contribution in [0.2, 0.25) is 5.02 Å². The number of halogens is 2. The number of benzene rings is 1. The smallest absolute Gasteiger partial charge is 0.147 e. The van der Waals surface area contributed by atoms with Crippen LogP contribution in [0.5, 0.6) is 0 Å². The normalized spacial score (nSPS) is 17.4. The van der Waals surface area contributed by atoms with E-state index in [0.29, 0.717) is 18.2 Å². The van der Waals surface area contributed by atoms with Crippen molar-refractivity contribution in [1.82, 2.24) is 5.32 Å². The monoisotopic (exact) mass is 244 g/mol. The molecule has 0 radical (unpaired) electrons. The molecule has 0 aromatic heterocycles. The van der Waals surface area contributed by atoms with E-state index in [9.17, 15) is 9.50 Å². The van der Waals surface area contributed by atoms with Gasteiger partial charge in [-0.05, 0) is 30.5 Å². The number of nitrogens with one attached hydrogen (secondary N) is 1. The minimum atomic E-state index is -0.756. The summed E-state index contributed by atoms with van der Waals surface area (Å²) in [6.45, 7) is 0.407. The molecule has 1 aliphatic rings. The molecule has 3 nitrogen and oxygen atoms in total. The van der Waals surface area contributed by atoms with Gasteiger partial charge in [-0.3, -0.25) is 0 Å². The molecule has 1 atom stereocenters. The Morgan fingerprint density at radius 3 is 2.81 bits per heavy atom. The minimum Gasteiger partial charge on any atom is -0.395 e. The maximum absolute atomic E-state index is 13.3. The van der Waals surface area contributed by atoms with E-state index in [4.69, 9.17) is 17.3 Å². The first-order valence-corrected chi connectivity index (χ1v) is 5.61. The predicted octanol–water partition coefficient (Wildman–Crippen LogP) is 1.85. The van der Waals surface area contributed by atoms with Crippen LogP contribution in [0.15, 0.2) is 12.1 Å². The molecule has 4 N–H and O–H groups in total. The Morgan fingerprint density at radius 2 is 2.25 bits per heavy atom. The molecule has 1 aromatic carbocycles. The fourth-order valence-electron chi connectivity index (χ4n) is 1.48. The van der Waals surface area contributed by atoms with Crippen molar-refractivity contribution in [2.24, 2.45) is 0 Å². The van der Waals surface area contributed by atoms with Crippen LogP contribution in [0, 0.1) is 5.82 Å². The maximum Gasteiger partial charge on any atom is 0.147 e. The third-order valence-corrected chi connectivity index (χ3v) is 2.98. The van der Waals surface area contributed by atoms with Crippen LogP contribution in [0.4, 0.5) is 10.1 Å². The van der Waals surface area contributed by atoms with Crippen molar-refractivity contribution in [3.8, 4) is 0 Å². The quantitative estimate of drug-likeness (QED) is 0.709. The SMILES string of the molecule is Nc1c(F)cc(C(O)CNC2CC2)cc1Cl. The van der Waals surface area contributed by atoms with Gasteiger partial charge in [-0.15, -0.1) is 0 Å². The summed E-state index contributed by atoms with van der Waals surface area (Å²) in [5.74, 6) is -0.590. The molecule has 0 heterocycles. The molecule has 16 heavy (non-hydrogen) atoms. The topological polar surface area (TPSA) is 58.3 Å². The van der Waals surface area contributed by atoms with E-state index in [0.717, 1.165) is 12.8 Å². The second kappa shape index (κ2) is 4.57. The van der Waals surface area contributed by atoms with Crippen molar-refractivity contribution in [1.29, 1.82) is 0 Å². The van der Waals surface area contributed by atoms with Crippen molar-refractivity contribution in [2.75, 3.05) is 12.3 Å². The highest BCUT2D eigenvalue weighted by atomic mass is 35.5. The van der Waals surface area contributed by atoms with Gasteiger partial charge in [0.05, 0.1) is 16.8 Å². The van der Waals surface area contributed by atoms with E-state index in [1.807, 2.05) is 0 Å². The van der Waals surface area contributed by atoms with Crippen LogP contribution in [0.1, 0.15) is 24.5 Å². The van der Waals surface area contributed by atoms with Gasteiger partial charge in [0.2, 0.25) is 0 Å². The number of hydrogen-bond acceptors (Lipinski definition) is 3. The van der Waals surface area contributed by atoms with Crippen molar-refractivity contribution in [3.63, 3.8) is 0 Å². The summed E-state index contributed by atoms with van der Waals surface area (Å²) >= 11 is 5.74. The summed E-state index contributed by atoms with van der Waals surface area (Å²) in [5.41, 5.74) is 5.75. The minimum absolute atomic E-state index is 0.0761. The van der Waals surface area contributed by atoms with Crippen LogP contribution in [-0.4, -0.2) is 17.7 Å². The lowest BCUT2D eigenvalue weighted by Gasteiger charge is -2.13. The zero-order valence-electron chi connectivity index (χ0n) is 8.71. The van der Waals surface area contributed by atoms with Crippen LogP contribution in [0.3, 0.4) is 0 Å². The first kappa shape index (κ1) is 11.6. The lowest BCUT2D eigenvalue weighted by Crippen LogP contribution is -2.23. The average Bonchev–Trinajstić information content (AvgIpc) is 3.05. The molecule has 1 saturated carbocycles. The number of nitrogens with two attached hydrogens (primary N) is 1. The molecule has 0 spiro atoms. The van der Waals surface area contributed by atoms with Gasteiger partial charge >= 0.3 is 0 Å². The molecular weight excluding hydrogens is 231 g/mol. The van der Waals surface area contributed by atoms with Gasteiger partial charge in [0.25, 0.3) is 0 Å². The Morgan fingerprint density at radius 1 is 1.56 bits per heavy atom. The first-order chi connectivity index (χ1) is 7.58. The van der Waals surface area contributed by atoms with Gasteiger partial charge in [-0.1, -0.05) is 11.6 Å². The Labute approximate surface area is 98.4 Å². The highest BCUT2D eigenvalue weighted by Crippen LogP contribution is 2.27. The van der Waals surface area contributed by atoms with Crippen LogP contribution in [0.25, 0.3) is 0 Å². The Bertz CT molecular complexity index is 373. The molecule has 1 aliphatic carbocycles. The van der Waals surface area contributed by atoms with E-state index >= 15 is 0 Å². The Balaban J connectivity index is 2.06. The van der Waals surface area contributed by atoms with Gasteiger partial charge in [0.1, 0.15) is 5.82 Å². The number of hydrogen-bond donors (Lipinski definition) is 3. The third kappa shape index (κ3) is 2.64.